The van der Waals surface area contributed by atoms with Crippen LogP contribution in [0.25, 0.3) is 0 Å². The fraction of sp³-hybridized carbons (Fsp3) is 0.286. The van der Waals surface area contributed by atoms with Gasteiger partial charge in [0.05, 0.1) is 4.90 Å². The van der Waals surface area contributed by atoms with Crippen LogP contribution in [-0.2, 0) is 22.4 Å². The number of nitrogens with zero attached hydrogens (tertiary/aromatic N) is 1. The minimum Gasteiger partial charge on any atom is -0.207 e. The second-order valence-electron chi connectivity index (χ2n) is 4.40. The van der Waals surface area contributed by atoms with Crippen molar-refractivity contribution in [2.75, 3.05) is 6.54 Å². The van der Waals surface area contributed by atoms with Gasteiger partial charge < -0.3 is 0 Å². The number of benzene rings is 1. The van der Waals surface area contributed by atoms with E-state index in [1.807, 2.05) is 17.5 Å². The SMILES string of the molecule is CCN(Cc1cccs1)S(=O)(=O)c1cc(F)ccc1CCl. The zero-order valence-corrected chi connectivity index (χ0v) is 13.8. The first-order valence-corrected chi connectivity index (χ1v) is 9.21. The summed E-state index contributed by atoms with van der Waals surface area (Å²) in [7, 11) is -3.78. The van der Waals surface area contributed by atoms with Crippen molar-refractivity contribution >= 4 is 33.0 Å². The van der Waals surface area contributed by atoms with Gasteiger partial charge in [0.2, 0.25) is 10.0 Å². The van der Waals surface area contributed by atoms with Crippen LogP contribution in [0.1, 0.15) is 17.4 Å². The van der Waals surface area contributed by atoms with Gasteiger partial charge in [-0.25, -0.2) is 12.8 Å². The topological polar surface area (TPSA) is 37.4 Å². The highest BCUT2D eigenvalue weighted by molar-refractivity contribution is 7.89. The average molecular weight is 348 g/mol. The van der Waals surface area contributed by atoms with Crippen LogP contribution in [0.3, 0.4) is 0 Å². The van der Waals surface area contributed by atoms with Gasteiger partial charge in [-0.15, -0.1) is 22.9 Å². The van der Waals surface area contributed by atoms with Crippen LogP contribution in [0.2, 0.25) is 0 Å². The first-order valence-electron chi connectivity index (χ1n) is 6.36. The van der Waals surface area contributed by atoms with E-state index in [2.05, 4.69) is 0 Å². The van der Waals surface area contributed by atoms with Gasteiger partial charge in [-0.1, -0.05) is 19.1 Å². The second kappa shape index (κ2) is 6.87. The third-order valence-corrected chi connectivity index (χ3v) is 6.21. The molecule has 3 nitrogen and oxygen atoms in total. The monoisotopic (exact) mass is 347 g/mol. The summed E-state index contributed by atoms with van der Waals surface area (Å²) >= 11 is 7.26. The van der Waals surface area contributed by atoms with E-state index in [9.17, 15) is 12.8 Å². The van der Waals surface area contributed by atoms with E-state index in [1.165, 1.54) is 27.8 Å². The van der Waals surface area contributed by atoms with Crippen LogP contribution in [0.4, 0.5) is 4.39 Å². The molecule has 0 radical (unpaired) electrons. The molecule has 114 valence electrons. The molecule has 1 heterocycles. The van der Waals surface area contributed by atoms with Gasteiger partial charge in [0.1, 0.15) is 5.82 Å². The standard InChI is InChI=1S/C14H15ClFNO2S2/c1-2-17(10-13-4-3-7-20-13)21(18,19)14-8-12(16)6-5-11(14)9-15/h3-8H,2,9-10H2,1H3. The van der Waals surface area contributed by atoms with Crippen LogP contribution in [0.15, 0.2) is 40.6 Å². The molecule has 0 aliphatic heterocycles. The molecule has 0 unspecified atom stereocenters. The molecule has 21 heavy (non-hydrogen) atoms. The zero-order chi connectivity index (χ0) is 15.5. The molecule has 1 aromatic carbocycles. The Hall–Kier alpha value is -0.950. The Kier molecular flexibility index (Phi) is 5.37. The molecule has 7 heteroatoms. The molecule has 0 saturated carbocycles. The van der Waals surface area contributed by atoms with Gasteiger partial charge in [-0.2, -0.15) is 4.31 Å². The zero-order valence-electron chi connectivity index (χ0n) is 11.4. The fourth-order valence-corrected chi connectivity index (χ4v) is 4.73. The predicted molar refractivity (Wildman–Crippen MR) is 83.5 cm³/mol. The molecule has 0 aliphatic rings. The molecule has 0 spiro atoms. The van der Waals surface area contributed by atoms with E-state index in [-0.39, 0.29) is 17.3 Å². The first kappa shape index (κ1) is 16.4. The Bertz CT molecular complexity index is 702. The highest BCUT2D eigenvalue weighted by Gasteiger charge is 2.26. The second-order valence-corrected chi connectivity index (χ2v) is 7.60. The fourth-order valence-electron chi connectivity index (χ4n) is 1.96. The van der Waals surface area contributed by atoms with Gasteiger partial charge in [0.25, 0.3) is 0 Å². The van der Waals surface area contributed by atoms with Gasteiger partial charge in [0.15, 0.2) is 0 Å². The maximum Gasteiger partial charge on any atom is 0.243 e. The lowest BCUT2D eigenvalue weighted by Crippen LogP contribution is -2.30. The molecule has 1 aromatic heterocycles. The number of hydrogen-bond donors (Lipinski definition) is 0. The molecule has 0 fully saturated rings. The van der Waals surface area contributed by atoms with E-state index in [0.717, 1.165) is 10.9 Å². The van der Waals surface area contributed by atoms with Crippen molar-refractivity contribution in [2.24, 2.45) is 0 Å². The summed E-state index contributed by atoms with van der Waals surface area (Å²) in [5.41, 5.74) is 0.405. The van der Waals surface area contributed by atoms with Crippen molar-refractivity contribution in [1.29, 1.82) is 0 Å². The third-order valence-electron chi connectivity index (χ3n) is 3.06. The van der Waals surface area contributed by atoms with Crippen molar-refractivity contribution in [3.8, 4) is 0 Å². The summed E-state index contributed by atoms with van der Waals surface area (Å²) in [4.78, 5) is 0.875. The average Bonchev–Trinajstić information content (AvgIpc) is 2.97. The van der Waals surface area contributed by atoms with Gasteiger partial charge in [-0.05, 0) is 29.1 Å². The van der Waals surface area contributed by atoms with Gasteiger partial charge >= 0.3 is 0 Å². The van der Waals surface area contributed by atoms with Crippen LogP contribution in [0.5, 0.6) is 0 Å². The predicted octanol–water partition coefficient (Wildman–Crippen LogP) is 3.84. The number of thiophene rings is 1. The summed E-state index contributed by atoms with van der Waals surface area (Å²) in [5, 5.41) is 1.89. The van der Waals surface area contributed by atoms with Crippen molar-refractivity contribution in [3.05, 3.63) is 52.0 Å². The summed E-state index contributed by atoms with van der Waals surface area (Å²) in [5.74, 6) is -0.569. The maximum absolute atomic E-state index is 13.4. The summed E-state index contributed by atoms with van der Waals surface area (Å²) < 4.78 is 40.2. The van der Waals surface area contributed by atoms with Crippen molar-refractivity contribution in [1.82, 2.24) is 4.31 Å². The van der Waals surface area contributed by atoms with Crippen LogP contribution in [-0.4, -0.2) is 19.3 Å². The van der Waals surface area contributed by atoms with E-state index >= 15 is 0 Å². The van der Waals surface area contributed by atoms with Gasteiger partial charge in [0, 0.05) is 23.8 Å². The maximum atomic E-state index is 13.4. The molecule has 0 saturated heterocycles. The molecule has 2 aromatic rings. The molecule has 2 rings (SSSR count). The van der Waals surface area contributed by atoms with Crippen LogP contribution in [0, 0.1) is 5.82 Å². The van der Waals surface area contributed by atoms with Crippen molar-refractivity contribution in [3.63, 3.8) is 0 Å². The molecule has 0 bridgehead atoms. The van der Waals surface area contributed by atoms with Gasteiger partial charge in [-0.3, -0.25) is 0 Å². The van der Waals surface area contributed by atoms with Crippen molar-refractivity contribution in [2.45, 2.75) is 24.2 Å². The number of rotatable bonds is 6. The molecule has 0 amide bonds. The van der Waals surface area contributed by atoms with E-state index in [1.54, 1.807) is 6.92 Å². The molecule has 0 atom stereocenters. The molecule has 0 aliphatic carbocycles. The lowest BCUT2D eigenvalue weighted by Gasteiger charge is -2.21. The summed E-state index contributed by atoms with van der Waals surface area (Å²) in [6, 6.07) is 7.40. The number of alkyl halides is 1. The van der Waals surface area contributed by atoms with E-state index < -0.39 is 15.8 Å². The smallest absolute Gasteiger partial charge is 0.207 e. The third kappa shape index (κ3) is 3.63. The largest absolute Gasteiger partial charge is 0.243 e. The highest BCUT2D eigenvalue weighted by atomic mass is 35.5. The summed E-state index contributed by atoms with van der Waals surface area (Å²) in [6.45, 7) is 2.33. The Labute approximate surface area is 133 Å². The highest BCUT2D eigenvalue weighted by Crippen LogP contribution is 2.25. The molecular weight excluding hydrogens is 333 g/mol. The Morgan fingerprint density at radius 1 is 1.33 bits per heavy atom. The Balaban J connectivity index is 2.41. The van der Waals surface area contributed by atoms with Crippen molar-refractivity contribution < 1.29 is 12.8 Å². The first-order chi connectivity index (χ1) is 9.98. The molecule has 0 N–H and O–H groups in total. The Morgan fingerprint density at radius 2 is 2.10 bits per heavy atom. The minimum absolute atomic E-state index is 0.0192. The quantitative estimate of drug-likeness (QED) is 0.744. The van der Waals surface area contributed by atoms with Crippen LogP contribution >= 0.6 is 22.9 Å². The molecular formula is C14H15ClFNO2S2. The van der Waals surface area contributed by atoms with E-state index in [0.29, 0.717) is 12.1 Å². The Morgan fingerprint density at radius 3 is 2.67 bits per heavy atom. The lowest BCUT2D eigenvalue weighted by atomic mass is 10.2. The number of sulfonamides is 1. The minimum atomic E-state index is -3.78. The number of hydrogen-bond acceptors (Lipinski definition) is 3. The number of halogens is 2. The van der Waals surface area contributed by atoms with Crippen LogP contribution < -0.4 is 0 Å². The normalized spacial score (nSPS) is 12.0. The van der Waals surface area contributed by atoms with E-state index in [4.69, 9.17) is 11.6 Å². The summed E-state index contributed by atoms with van der Waals surface area (Å²) in [6.07, 6.45) is 0. The lowest BCUT2D eigenvalue weighted by molar-refractivity contribution is 0.425.